The van der Waals surface area contributed by atoms with E-state index in [2.05, 4.69) is 0 Å². The summed E-state index contributed by atoms with van der Waals surface area (Å²) in [4.78, 5) is 0. The molecule has 13 heavy (non-hydrogen) atoms. The SMILES string of the molecule is Cc1cccc(F)c1CC[C@H](C)N. The molecule has 0 bridgehead atoms. The molecule has 1 nitrogen and oxygen atoms in total. The summed E-state index contributed by atoms with van der Waals surface area (Å²) in [6.07, 6.45) is 1.57. The maximum Gasteiger partial charge on any atom is 0.126 e. The van der Waals surface area contributed by atoms with E-state index in [1.165, 1.54) is 6.07 Å². The lowest BCUT2D eigenvalue weighted by atomic mass is 10.0. The Balaban J connectivity index is 2.75. The normalized spacial score (nSPS) is 12.9. The summed E-state index contributed by atoms with van der Waals surface area (Å²) in [5.74, 6) is -0.111. The van der Waals surface area contributed by atoms with E-state index in [9.17, 15) is 4.39 Å². The zero-order valence-corrected chi connectivity index (χ0v) is 8.18. The van der Waals surface area contributed by atoms with Gasteiger partial charge in [0.25, 0.3) is 0 Å². The van der Waals surface area contributed by atoms with Crippen molar-refractivity contribution in [3.63, 3.8) is 0 Å². The molecule has 0 unspecified atom stereocenters. The molecule has 1 atom stereocenters. The van der Waals surface area contributed by atoms with Crippen LogP contribution < -0.4 is 5.73 Å². The van der Waals surface area contributed by atoms with Crippen LogP contribution in [0.25, 0.3) is 0 Å². The highest BCUT2D eigenvalue weighted by Gasteiger charge is 2.05. The first-order valence-corrected chi connectivity index (χ1v) is 4.61. The predicted octanol–water partition coefficient (Wildman–Crippen LogP) is 2.41. The molecule has 0 radical (unpaired) electrons. The minimum Gasteiger partial charge on any atom is -0.328 e. The highest BCUT2D eigenvalue weighted by molar-refractivity contribution is 5.27. The number of nitrogens with two attached hydrogens (primary N) is 1. The molecule has 0 aliphatic carbocycles. The molecule has 1 aromatic carbocycles. The van der Waals surface area contributed by atoms with E-state index in [4.69, 9.17) is 5.73 Å². The van der Waals surface area contributed by atoms with E-state index in [0.717, 1.165) is 24.0 Å². The lowest BCUT2D eigenvalue weighted by molar-refractivity contribution is 0.588. The molecule has 0 spiro atoms. The van der Waals surface area contributed by atoms with Gasteiger partial charge >= 0.3 is 0 Å². The van der Waals surface area contributed by atoms with Crippen molar-refractivity contribution < 1.29 is 4.39 Å². The second kappa shape index (κ2) is 4.38. The number of hydrogen-bond acceptors (Lipinski definition) is 1. The first-order valence-electron chi connectivity index (χ1n) is 4.61. The third kappa shape index (κ3) is 2.81. The zero-order chi connectivity index (χ0) is 9.84. The van der Waals surface area contributed by atoms with Crippen molar-refractivity contribution in [2.24, 2.45) is 5.73 Å². The Morgan fingerprint density at radius 3 is 2.69 bits per heavy atom. The average Bonchev–Trinajstić information content (AvgIpc) is 2.03. The summed E-state index contributed by atoms with van der Waals surface area (Å²) in [6, 6.07) is 5.31. The molecule has 1 aromatic rings. The van der Waals surface area contributed by atoms with Crippen molar-refractivity contribution in [2.45, 2.75) is 32.7 Å². The minimum absolute atomic E-state index is 0.111. The highest BCUT2D eigenvalue weighted by Crippen LogP contribution is 2.14. The smallest absolute Gasteiger partial charge is 0.126 e. The molecule has 72 valence electrons. The van der Waals surface area contributed by atoms with Gasteiger partial charge in [-0.05, 0) is 43.9 Å². The first-order chi connectivity index (χ1) is 6.11. The van der Waals surface area contributed by atoms with Crippen molar-refractivity contribution in [2.75, 3.05) is 0 Å². The summed E-state index contributed by atoms with van der Waals surface area (Å²) in [5.41, 5.74) is 7.44. The van der Waals surface area contributed by atoms with Crippen molar-refractivity contribution in [3.8, 4) is 0 Å². The Hall–Kier alpha value is -0.890. The van der Waals surface area contributed by atoms with E-state index in [0.29, 0.717) is 0 Å². The molecule has 0 amide bonds. The Bertz CT molecular complexity index is 261. The van der Waals surface area contributed by atoms with Crippen molar-refractivity contribution in [1.29, 1.82) is 0 Å². The molecular formula is C11H16FN. The van der Waals surface area contributed by atoms with Gasteiger partial charge in [0.1, 0.15) is 5.82 Å². The van der Waals surface area contributed by atoms with E-state index < -0.39 is 0 Å². The van der Waals surface area contributed by atoms with Gasteiger partial charge in [-0.15, -0.1) is 0 Å². The third-order valence-electron chi connectivity index (χ3n) is 2.20. The Labute approximate surface area is 78.8 Å². The maximum atomic E-state index is 13.3. The molecule has 0 aliphatic rings. The van der Waals surface area contributed by atoms with Crippen LogP contribution in [0, 0.1) is 12.7 Å². The largest absolute Gasteiger partial charge is 0.328 e. The van der Waals surface area contributed by atoms with E-state index in [1.54, 1.807) is 6.07 Å². The summed E-state index contributed by atoms with van der Waals surface area (Å²) in [5, 5.41) is 0. The molecule has 1 rings (SSSR count). The van der Waals surface area contributed by atoms with Gasteiger partial charge in [-0.3, -0.25) is 0 Å². The minimum atomic E-state index is -0.111. The topological polar surface area (TPSA) is 26.0 Å². The maximum absolute atomic E-state index is 13.3. The number of benzene rings is 1. The van der Waals surface area contributed by atoms with E-state index in [-0.39, 0.29) is 11.9 Å². The molecule has 0 heterocycles. The number of rotatable bonds is 3. The Kier molecular flexibility index (Phi) is 3.43. The van der Waals surface area contributed by atoms with Gasteiger partial charge in [0, 0.05) is 6.04 Å². The predicted molar refractivity (Wildman–Crippen MR) is 53.1 cm³/mol. The monoisotopic (exact) mass is 181 g/mol. The number of hydrogen-bond donors (Lipinski definition) is 1. The van der Waals surface area contributed by atoms with Gasteiger partial charge < -0.3 is 5.73 Å². The zero-order valence-electron chi connectivity index (χ0n) is 8.18. The van der Waals surface area contributed by atoms with Gasteiger partial charge in [0.15, 0.2) is 0 Å². The Morgan fingerprint density at radius 1 is 1.46 bits per heavy atom. The van der Waals surface area contributed by atoms with E-state index in [1.807, 2.05) is 19.9 Å². The summed E-state index contributed by atoms with van der Waals surface area (Å²) >= 11 is 0. The van der Waals surface area contributed by atoms with Crippen LogP contribution in [0.3, 0.4) is 0 Å². The van der Waals surface area contributed by atoms with Crippen LogP contribution in [-0.4, -0.2) is 6.04 Å². The molecule has 0 saturated carbocycles. The van der Waals surface area contributed by atoms with Gasteiger partial charge in [-0.2, -0.15) is 0 Å². The summed E-state index contributed by atoms with van der Waals surface area (Å²) < 4.78 is 13.3. The van der Waals surface area contributed by atoms with Crippen molar-refractivity contribution in [3.05, 3.63) is 35.1 Å². The van der Waals surface area contributed by atoms with Crippen LogP contribution in [0.15, 0.2) is 18.2 Å². The molecule has 0 saturated heterocycles. The molecule has 0 aliphatic heterocycles. The van der Waals surface area contributed by atoms with Crippen LogP contribution in [0.5, 0.6) is 0 Å². The fraction of sp³-hybridized carbons (Fsp3) is 0.455. The van der Waals surface area contributed by atoms with Crippen molar-refractivity contribution >= 4 is 0 Å². The van der Waals surface area contributed by atoms with Gasteiger partial charge in [0.2, 0.25) is 0 Å². The fourth-order valence-corrected chi connectivity index (χ4v) is 1.36. The summed E-state index contributed by atoms with van der Waals surface area (Å²) in [6.45, 7) is 3.87. The second-order valence-electron chi connectivity index (χ2n) is 3.55. The lowest BCUT2D eigenvalue weighted by Gasteiger charge is -2.08. The van der Waals surface area contributed by atoms with Crippen molar-refractivity contribution in [1.82, 2.24) is 0 Å². The molecule has 0 aromatic heterocycles. The molecule has 2 N–H and O–H groups in total. The third-order valence-corrected chi connectivity index (χ3v) is 2.20. The second-order valence-corrected chi connectivity index (χ2v) is 3.55. The highest BCUT2D eigenvalue weighted by atomic mass is 19.1. The summed E-state index contributed by atoms with van der Waals surface area (Å²) in [7, 11) is 0. The standard InChI is InChI=1S/C11H16FN/c1-8-4-3-5-11(12)10(8)7-6-9(2)13/h3-5,9H,6-7,13H2,1-2H3/t9-/m0/s1. The van der Waals surface area contributed by atoms with E-state index >= 15 is 0 Å². The lowest BCUT2D eigenvalue weighted by Crippen LogP contribution is -2.16. The van der Waals surface area contributed by atoms with Crippen LogP contribution in [0.4, 0.5) is 4.39 Å². The first kappa shape index (κ1) is 10.2. The number of aryl methyl sites for hydroxylation is 1. The van der Waals surface area contributed by atoms with Crippen LogP contribution in [0.1, 0.15) is 24.5 Å². The molecule has 0 fully saturated rings. The quantitative estimate of drug-likeness (QED) is 0.761. The van der Waals surface area contributed by atoms with Gasteiger partial charge in [-0.1, -0.05) is 12.1 Å². The fourth-order valence-electron chi connectivity index (χ4n) is 1.36. The average molecular weight is 181 g/mol. The van der Waals surface area contributed by atoms with Gasteiger partial charge in [0.05, 0.1) is 0 Å². The van der Waals surface area contributed by atoms with Crippen LogP contribution in [-0.2, 0) is 6.42 Å². The van der Waals surface area contributed by atoms with Crippen LogP contribution >= 0.6 is 0 Å². The molecular weight excluding hydrogens is 165 g/mol. The van der Waals surface area contributed by atoms with Crippen LogP contribution in [0.2, 0.25) is 0 Å². The number of halogens is 1. The Morgan fingerprint density at radius 2 is 2.15 bits per heavy atom. The molecule has 2 heteroatoms. The van der Waals surface area contributed by atoms with Gasteiger partial charge in [-0.25, -0.2) is 4.39 Å².